The lowest BCUT2D eigenvalue weighted by Gasteiger charge is -2.31. The predicted octanol–water partition coefficient (Wildman–Crippen LogP) is 3.44. The van der Waals surface area contributed by atoms with Crippen molar-refractivity contribution in [2.75, 3.05) is 11.4 Å². The van der Waals surface area contributed by atoms with Crippen LogP contribution in [0.4, 0.5) is 5.69 Å². The molecule has 1 atom stereocenters. The number of aromatic nitrogens is 2. The number of nitrogens with zero attached hydrogens (tertiary/aromatic N) is 2. The molecule has 0 amide bonds. The van der Waals surface area contributed by atoms with Crippen LogP contribution in [0.25, 0.3) is 10.9 Å². The van der Waals surface area contributed by atoms with Gasteiger partial charge in [0.15, 0.2) is 0 Å². The number of carboxylic acid groups (broad SMARTS) is 1. The van der Waals surface area contributed by atoms with Gasteiger partial charge in [-0.15, -0.1) is 0 Å². The van der Waals surface area contributed by atoms with Crippen LogP contribution in [-0.4, -0.2) is 27.6 Å². The largest absolute Gasteiger partial charge is 0.478 e. The number of aromatic carboxylic acids is 1. The van der Waals surface area contributed by atoms with Crippen LogP contribution >= 0.6 is 0 Å². The Morgan fingerprint density at radius 1 is 1.30 bits per heavy atom. The maximum atomic E-state index is 12.4. The molecule has 0 fully saturated rings. The molecule has 138 valence electrons. The summed E-state index contributed by atoms with van der Waals surface area (Å²) in [5.41, 5.74) is 4.27. The lowest BCUT2D eigenvalue weighted by Crippen LogP contribution is -2.27. The van der Waals surface area contributed by atoms with Gasteiger partial charge in [-0.1, -0.05) is 0 Å². The summed E-state index contributed by atoms with van der Waals surface area (Å²) < 4.78 is 0. The van der Waals surface area contributed by atoms with Crippen molar-refractivity contribution in [3.8, 4) is 0 Å². The van der Waals surface area contributed by atoms with Gasteiger partial charge in [0.05, 0.1) is 22.5 Å². The standard InChI is InChI=1S/C21H21N3O3/c1-3-24(15-7-4-13(5-8-15)21(26)27)19-9-6-14-10-18-17(11-16(14)19)20(25)23-12(2)22-18/h4-5,7-8,10-11,19H,3,6,9H2,1-2H3,(H,26,27)(H,22,23,25). The second-order valence-corrected chi connectivity index (χ2v) is 6.91. The zero-order valence-corrected chi connectivity index (χ0v) is 15.3. The number of benzene rings is 2. The molecule has 6 heteroatoms. The fourth-order valence-corrected chi connectivity index (χ4v) is 4.04. The van der Waals surface area contributed by atoms with Crippen molar-refractivity contribution in [3.05, 3.63) is 69.3 Å². The zero-order chi connectivity index (χ0) is 19.1. The van der Waals surface area contributed by atoms with E-state index < -0.39 is 5.97 Å². The van der Waals surface area contributed by atoms with E-state index in [2.05, 4.69) is 21.8 Å². The van der Waals surface area contributed by atoms with Gasteiger partial charge in [-0.25, -0.2) is 9.78 Å². The van der Waals surface area contributed by atoms with Crippen LogP contribution in [0.15, 0.2) is 41.2 Å². The quantitative estimate of drug-likeness (QED) is 0.741. The summed E-state index contributed by atoms with van der Waals surface area (Å²) >= 11 is 0. The first-order valence-electron chi connectivity index (χ1n) is 9.11. The molecule has 27 heavy (non-hydrogen) atoms. The average molecular weight is 363 g/mol. The number of rotatable bonds is 4. The van der Waals surface area contributed by atoms with Crippen LogP contribution in [0.1, 0.15) is 46.7 Å². The minimum absolute atomic E-state index is 0.111. The molecule has 1 aliphatic rings. The Labute approximate surface area is 156 Å². The van der Waals surface area contributed by atoms with E-state index in [1.165, 1.54) is 5.56 Å². The molecule has 0 radical (unpaired) electrons. The van der Waals surface area contributed by atoms with Crippen LogP contribution in [0.3, 0.4) is 0 Å². The molecule has 1 aromatic heterocycles. The van der Waals surface area contributed by atoms with Crippen LogP contribution in [0.5, 0.6) is 0 Å². The number of carboxylic acids is 1. The normalized spacial score (nSPS) is 15.7. The number of hydrogen-bond donors (Lipinski definition) is 2. The van der Waals surface area contributed by atoms with Gasteiger partial charge in [0.1, 0.15) is 5.82 Å². The molecule has 2 aromatic carbocycles. The highest BCUT2D eigenvalue weighted by molar-refractivity contribution is 5.88. The van der Waals surface area contributed by atoms with E-state index in [1.807, 2.05) is 24.3 Å². The van der Waals surface area contributed by atoms with Crippen molar-refractivity contribution in [1.82, 2.24) is 9.97 Å². The van der Waals surface area contributed by atoms with Gasteiger partial charge >= 0.3 is 5.97 Å². The van der Waals surface area contributed by atoms with Crippen LogP contribution in [0, 0.1) is 6.92 Å². The van der Waals surface area contributed by atoms with Crippen LogP contribution < -0.4 is 10.5 Å². The van der Waals surface area contributed by atoms with E-state index in [9.17, 15) is 9.59 Å². The number of anilines is 1. The molecule has 0 aliphatic heterocycles. The molecular formula is C21H21N3O3. The molecule has 4 rings (SSSR count). The van der Waals surface area contributed by atoms with Gasteiger partial charge in [-0.05, 0) is 74.2 Å². The summed E-state index contributed by atoms with van der Waals surface area (Å²) in [7, 11) is 0. The lowest BCUT2D eigenvalue weighted by atomic mass is 10.0. The number of aryl methyl sites for hydroxylation is 2. The van der Waals surface area contributed by atoms with Gasteiger partial charge in [0.2, 0.25) is 0 Å². The van der Waals surface area contributed by atoms with Crippen LogP contribution in [0.2, 0.25) is 0 Å². The van der Waals surface area contributed by atoms with Crippen molar-refractivity contribution in [2.24, 2.45) is 0 Å². The lowest BCUT2D eigenvalue weighted by molar-refractivity contribution is 0.0697. The van der Waals surface area contributed by atoms with Gasteiger partial charge < -0.3 is 15.0 Å². The van der Waals surface area contributed by atoms with Crippen molar-refractivity contribution < 1.29 is 9.90 Å². The van der Waals surface area contributed by atoms with Gasteiger partial charge in [0, 0.05) is 12.2 Å². The number of hydrogen-bond acceptors (Lipinski definition) is 4. The number of H-pyrrole nitrogens is 1. The number of fused-ring (bicyclic) bond motifs is 2. The Balaban J connectivity index is 1.76. The fourth-order valence-electron chi connectivity index (χ4n) is 4.04. The third-order valence-electron chi connectivity index (χ3n) is 5.29. The summed E-state index contributed by atoms with van der Waals surface area (Å²) in [5, 5.41) is 9.72. The van der Waals surface area contributed by atoms with E-state index in [0.717, 1.165) is 36.2 Å². The third kappa shape index (κ3) is 2.97. The number of nitrogens with one attached hydrogen (secondary N) is 1. The Hall–Kier alpha value is -3.15. The molecule has 0 bridgehead atoms. The summed E-state index contributed by atoms with van der Waals surface area (Å²) in [5.74, 6) is -0.306. The van der Waals surface area contributed by atoms with Gasteiger partial charge in [0.25, 0.3) is 5.56 Å². The molecule has 0 saturated carbocycles. The summed E-state index contributed by atoms with van der Waals surface area (Å²) in [4.78, 5) is 33.0. The summed E-state index contributed by atoms with van der Waals surface area (Å²) in [6, 6.07) is 11.1. The van der Waals surface area contributed by atoms with Crippen molar-refractivity contribution in [1.29, 1.82) is 0 Å². The van der Waals surface area contributed by atoms with Crippen LogP contribution in [-0.2, 0) is 6.42 Å². The minimum atomic E-state index is -0.927. The Bertz CT molecular complexity index is 1090. The highest BCUT2D eigenvalue weighted by Crippen LogP contribution is 2.39. The van der Waals surface area contributed by atoms with E-state index in [0.29, 0.717) is 11.2 Å². The monoisotopic (exact) mass is 363 g/mol. The van der Waals surface area contributed by atoms with Crippen molar-refractivity contribution >= 4 is 22.6 Å². The highest BCUT2D eigenvalue weighted by atomic mass is 16.4. The molecule has 6 nitrogen and oxygen atoms in total. The highest BCUT2D eigenvalue weighted by Gasteiger charge is 2.28. The maximum Gasteiger partial charge on any atom is 0.335 e. The minimum Gasteiger partial charge on any atom is -0.478 e. The second-order valence-electron chi connectivity index (χ2n) is 6.91. The molecule has 1 aliphatic carbocycles. The van der Waals surface area contributed by atoms with Gasteiger partial charge in [-0.2, -0.15) is 0 Å². The molecular weight excluding hydrogens is 342 g/mol. The molecule has 1 heterocycles. The van der Waals surface area contributed by atoms with E-state index in [4.69, 9.17) is 5.11 Å². The molecule has 0 saturated heterocycles. The SMILES string of the molecule is CCN(c1ccc(C(=O)O)cc1)C1CCc2cc3nc(C)[nH]c(=O)c3cc21. The third-order valence-corrected chi connectivity index (χ3v) is 5.29. The first-order chi connectivity index (χ1) is 13.0. The van der Waals surface area contributed by atoms with Crippen molar-refractivity contribution in [2.45, 2.75) is 32.7 Å². The first-order valence-corrected chi connectivity index (χ1v) is 9.11. The van der Waals surface area contributed by atoms with Gasteiger partial charge in [-0.3, -0.25) is 4.79 Å². The summed E-state index contributed by atoms with van der Waals surface area (Å²) in [6.07, 6.45) is 1.89. The van der Waals surface area contributed by atoms with E-state index in [-0.39, 0.29) is 17.2 Å². The number of carbonyl (C=O) groups is 1. The zero-order valence-electron chi connectivity index (χ0n) is 15.3. The predicted molar refractivity (Wildman–Crippen MR) is 105 cm³/mol. The number of aromatic amines is 1. The summed E-state index contributed by atoms with van der Waals surface area (Å²) in [6.45, 7) is 4.66. The Kier molecular flexibility index (Phi) is 4.18. The molecule has 1 unspecified atom stereocenters. The molecule has 0 spiro atoms. The Morgan fingerprint density at radius 2 is 2.04 bits per heavy atom. The van der Waals surface area contributed by atoms with Crippen molar-refractivity contribution in [3.63, 3.8) is 0 Å². The fraction of sp³-hybridized carbons (Fsp3) is 0.286. The Morgan fingerprint density at radius 3 is 2.70 bits per heavy atom. The van der Waals surface area contributed by atoms with E-state index in [1.54, 1.807) is 19.1 Å². The smallest absolute Gasteiger partial charge is 0.335 e. The van der Waals surface area contributed by atoms with E-state index >= 15 is 0 Å². The second kappa shape index (κ2) is 6.54. The maximum absolute atomic E-state index is 12.4. The topological polar surface area (TPSA) is 86.3 Å². The first kappa shape index (κ1) is 17.3. The molecule has 3 aromatic rings. The molecule has 2 N–H and O–H groups in total. The average Bonchev–Trinajstić information content (AvgIpc) is 3.04.